The zero-order chi connectivity index (χ0) is 29.3. The lowest BCUT2D eigenvalue weighted by molar-refractivity contribution is -0.160. The number of piperidine rings is 1. The van der Waals surface area contributed by atoms with Crippen molar-refractivity contribution >= 4 is 18.2 Å². The third-order valence-electron chi connectivity index (χ3n) is 7.21. The van der Waals surface area contributed by atoms with Gasteiger partial charge in [0.25, 0.3) is 0 Å². The van der Waals surface area contributed by atoms with E-state index in [9.17, 15) is 32.7 Å². The summed E-state index contributed by atoms with van der Waals surface area (Å²) in [6.07, 6.45) is -8.07. The molecule has 1 saturated heterocycles. The van der Waals surface area contributed by atoms with Crippen LogP contribution in [0.3, 0.4) is 0 Å². The van der Waals surface area contributed by atoms with Gasteiger partial charge in [-0.15, -0.1) is 0 Å². The van der Waals surface area contributed by atoms with Gasteiger partial charge >= 0.3 is 24.3 Å². The van der Waals surface area contributed by atoms with Crippen molar-refractivity contribution in [3.05, 3.63) is 59.7 Å². The molecule has 8 nitrogen and oxygen atoms in total. The van der Waals surface area contributed by atoms with Crippen LogP contribution >= 0.6 is 0 Å². The molecule has 0 saturated carbocycles. The van der Waals surface area contributed by atoms with Crippen LogP contribution in [0.4, 0.5) is 22.8 Å². The van der Waals surface area contributed by atoms with Gasteiger partial charge in [0, 0.05) is 19.0 Å². The van der Waals surface area contributed by atoms with Crippen molar-refractivity contribution < 1.29 is 42.1 Å². The molecular formula is C29H33F3N2O6. The topological polar surface area (TPSA) is 96.4 Å². The first-order valence-corrected chi connectivity index (χ1v) is 13.1. The van der Waals surface area contributed by atoms with Crippen LogP contribution in [0.1, 0.15) is 57.1 Å². The lowest BCUT2D eigenvalue weighted by atomic mass is 9.87. The molecule has 1 fully saturated rings. The molecule has 0 radical (unpaired) electrons. The molecule has 1 unspecified atom stereocenters. The first-order chi connectivity index (χ1) is 18.7. The predicted molar refractivity (Wildman–Crippen MR) is 140 cm³/mol. The Hall–Kier alpha value is -3.76. The molecule has 0 aromatic heterocycles. The number of aliphatic carboxylic acids is 1. The Morgan fingerprint density at radius 1 is 1.02 bits per heavy atom. The number of benzene rings is 2. The van der Waals surface area contributed by atoms with Crippen LogP contribution in [0.25, 0.3) is 11.1 Å². The zero-order valence-electron chi connectivity index (χ0n) is 22.7. The maximum atomic E-state index is 13.5. The van der Waals surface area contributed by atoms with E-state index in [4.69, 9.17) is 9.47 Å². The number of hydrogen-bond acceptors (Lipinski definition) is 5. The standard InChI is InChI=1S/C29H33F3N2O6/c1-27(2,3)40-25(37)33-15-8-13-28(18-33,24(35)36)34(16-14-29(30,31)32)26(38)39-17-23-21-11-6-4-9-19(21)20-10-5-7-12-22(20)23/h4-7,9-12,23H,8,13-18H2,1-3H3,(H,35,36). The molecule has 1 atom stereocenters. The van der Waals surface area contributed by atoms with Crippen LogP contribution in [-0.4, -0.2) is 76.6 Å². The van der Waals surface area contributed by atoms with Crippen molar-refractivity contribution in [2.24, 2.45) is 0 Å². The van der Waals surface area contributed by atoms with Gasteiger partial charge in [0.15, 0.2) is 5.54 Å². The molecule has 2 aromatic carbocycles. The molecule has 216 valence electrons. The molecule has 2 aliphatic rings. The number of fused-ring (bicyclic) bond motifs is 3. The molecule has 0 spiro atoms. The summed E-state index contributed by atoms with van der Waals surface area (Å²) >= 11 is 0. The summed E-state index contributed by atoms with van der Waals surface area (Å²) in [4.78, 5) is 40.7. The molecule has 0 bridgehead atoms. The van der Waals surface area contributed by atoms with Crippen molar-refractivity contribution in [1.82, 2.24) is 9.80 Å². The Morgan fingerprint density at radius 3 is 2.12 bits per heavy atom. The van der Waals surface area contributed by atoms with E-state index in [0.717, 1.165) is 27.2 Å². The van der Waals surface area contributed by atoms with Crippen LogP contribution < -0.4 is 0 Å². The van der Waals surface area contributed by atoms with Crippen LogP contribution in [0.15, 0.2) is 48.5 Å². The minimum Gasteiger partial charge on any atom is -0.479 e. The van der Waals surface area contributed by atoms with E-state index >= 15 is 0 Å². The van der Waals surface area contributed by atoms with Crippen molar-refractivity contribution in [3.63, 3.8) is 0 Å². The summed E-state index contributed by atoms with van der Waals surface area (Å²) in [5.41, 5.74) is 0.748. The highest BCUT2D eigenvalue weighted by atomic mass is 19.4. The fourth-order valence-electron chi connectivity index (χ4n) is 5.42. The van der Waals surface area contributed by atoms with Gasteiger partial charge in [-0.3, -0.25) is 4.90 Å². The van der Waals surface area contributed by atoms with Gasteiger partial charge in [-0.2, -0.15) is 13.2 Å². The lowest BCUT2D eigenvalue weighted by Gasteiger charge is -2.46. The minimum absolute atomic E-state index is 0.141. The second kappa shape index (κ2) is 11.0. The number of halogens is 3. The van der Waals surface area contributed by atoms with E-state index in [0.29, 0.717) is 4.90 Å². The summed E-state index contributed by atoms with van der Waals surface area (Å²) in [6, 6.07) is 15.2. The number of likely N-dealkylation sites (tertiary alicyclic amines) is 1. The number of amides is 2. The van der Waals surface area contributed by atoms with Gasteiger partial charge in [0.05, 0.1) is 13.0 Å². The molecule has 1 heterocycles. The molecule has 4 rings (SSSR count). The number of carboxylic acids is 1. The molecule has 1 aliphatic carbocycles. The van der Waals surface area contributed by atoms with Crippen molar-refractivity contribution in [2.75, 3.05) is 26.2 Å². The Kier molecular flexibility index (Phi) is 8.05. The fraction of sp³-hybridized carbons (Fsp3) is 0.483. The number of carbonyl (C=O) groups is 3. The summed E-state index contributed by atoms with van der Waals surface area (Å²) in [5.74, 6) is -1.89. The van der Waals surface area contributed by atoms with Crippen LogP contribution in [-0.2, 0) is 14.3 Å². The molecule has 2 aromatic rings. The number of alkyl halides is 3. The average Bonchev–Trinajstić information content (AvgIpc) is 3.19. The lowest BCUT2D eigenvalue weighted by Crippen LogP contribution is -2.66. The third-order valence-corrected chi connectivity index (χ3v) is 7.21. The third kappa shape index (κ3) is 6.18. The van der Waals surface area contributed by atoms with Gasteiger partial charge in [-0.25, -0.2) is 14.4 Å². The van der Waals surface area contributed by atoms with Crippen molar-refractivity contribution in [2.45, 2.75) is 63.3 Å². The van der Waals surface area contributed by atoms with E-state index in [1.807, 2.05) is 48.5 Å². The minimum atomic E-state index is -4.65. The smallest absolute Gasteiger partial charge is 0.410 e. The van der Waals surface area contributed by atoms with Crippen LogP contribution in [0.5, 0.6) is 0 Å². The number of carboxylic acid groups (broad SMARTS) is 1. The van der Waals surface area contributed by atoms with Crippen molar-refractivity contribution in [3.8, 4) is 11.1 Å². The zero-order valence-corrected chi connectivity index (χ0v) is 22.7. The normalized spacial score (nSPS) is 19.0. The number of hydrogen-bond donors (Lipinski definition) is 1. The first-order valence-electron chi connectivity index (χ1n) is 13.1. The van der Waals surface area contributed by atoms with Gasteiger partial charge in [0.1, 0.15) is 12.2 Å². The number of nitrogens with zero attached hydrogens (tertiary/aromatic N) is 2. The Labute approximate surface area is 230 Å². The van der Waals surface area contributed by atoms with E-state index in [1.165, 1.54) is 0 Å². The second-order valence-electron chi connectivity index (χ2n) is 11.2. The maximum Gasteiger partial charge on any atom is 0.410 e. The average molecular weight is 563 g/mol. The molecular weight excluding hydrogens is 529 g/mol. The van der Waals surface area contributed by atoms with Gasteiger partial charge < -0.3 is 19.5 Å². The maximum absolute atomic E-state index is 13.5. The van der Waals surface area contributed by atoms with Crippen LogP contribution in [0, 0.1) is 0 Å². The quantitative estimate of drug-likeness (QED) is 0.461. The van der Waals surface area contributed by atoms with E-state index in [-0.39, 0.29) is 31.9 Å². The predicted octanol–water partition coefficient (Wildman–Crippen LogP) is 6.04. The highest BCUT2D eigenvalue weighted by Gasteiger charge is 2.52. The highest BCUT2D eigenvalue weighted by molar-refractivity contribution is 5.86. The number of rotatable bonds is 6. The molecule has 11 heteroatoms. The summed E-state index contributed by atoms with van der Waals surface area (Å²) < 4.78 is 50.9. The highest BCUT2D eigenvalue weighted by Crippen LogP contribution is 2.44. The van der Waals surface area contributed by atoms with E-state index in [2.05, 4.69) is 0 Å². The summed E-state index contributed by atoms with van der Waals surface area (Å²) in [6.45, 7) is 3.42. The van der Waals surface area contributed by atoms with Gasteiger partial charge in [-0.05, 0) is 55.9 Å². The van der Waals surface area contributed by atoms with E-state index in [1.54, 1.807) is 20.8 Å². The largest absolute Gasteiger partial charge is 0.479 e. The summed E-state index contributed by atoms with van der Waals surface area (Å²) in [5, 5.41) is 10.3. The first kappa shape index (κ1) is 29.2. The molecule has 1 aliphatic heterocycles. The molecule has 40 heavy (non-hydrogen) atoms. The Balaban J connectivity index is 1.61. The van der Waals surface area contributed by atoms with Crippen molar-refractivity contribution in [1.29, 1.82) is 0 Å². The monoisotopic (exact) mass is 562 g/mol. The van der Waals surface area contributed by atoms with Crippen LogP contribution in [0.2, 0.25) is 0 Å². The molecule has 1 N–H and O–H groups in total. The molecule has 2 amide bonds. The number of carbonyl (C=O) groups excluding carboxylic acids is 2. The number of ether oxygens (including phenoxy) is 2. The Morgan fingerprint density at radius 2 is 1.60 bits per heavy atom. The van der Waals surface area contributed by atoms with Gasteiger partial charge in [0.2, 0.25) is 0 Å². The SMILES string of the molecule is CC(C)(C)OC(=O)N1CCCC(C(=O)O)(N(CCC(F)(F)F)C(=O)OCC2c3ccccc3-c3ccccc32)C1. The Bertz CT molecular complexity index is 1230. The van der Waals surface area contributed by atoms with E-state index < -0.39 is 55.0 Å². The second-order valence-corrected chi connectivity index (χ2v) is 11.2. The van der Waals surface area contributed by atoms with Gasteiger partial charge in [-0.1, -0.05) is 48.5 Å². The fourth-order valence-corrected chi connectivity index (χ4v) is 5.42. The summed E-state index contributed by atoms with van der Waals surface area (Å²) in [7, 11) is 0.